The van der Waals surface area contributed by atoms with Crippen LogP contribution in [0.3, 0.4) is 0 Å². The molecule has 2 rings (SSSR count). The number of halogens is 3. The topological polar surface area (TPSA) is 0 Å². The van der Waals surface area contributed by atoms with Crippen molar-refractivity contribution in [3.63, 3.8) is 0 Å². The van der Waals surface area contributed by atoms with E-state index in [4.69, 9.17) is 0 Å². The number of alkyl halides is 2. The van der Waals surface area contributed by atoms with E-state index in [2.05, 4.69) is 0 Å². The van der Waals surface area contributed by atoms with Gasteiger partial charge in [0.15, 0.2) is 5.13 Å². The largest absolute Gasteiger partial charge is 0.264 e. The molecule has 0 atom stereocenters. The number of hydrogen-bond donors (Lipinski definition) is 0. The molecule has 1 heterocycles. The van der Waals surface area contributed by atoms with Gasteiger partial charge in [-0.05, 0) is 30.7 Å². The molecule has 0 saturated heterocycles. The fraction of sp³-hybridized carbons (Fsp3) is 0.200. The molecule has 1 aromatic carbocycles. The fourth-order valence-electron chi connectivity index (χ4n) is 1.46. The van der Waals surface area contributed by atoms with Crippen LogP contribution in [0.5, 0.6) is 0 Å². The highest BCUT2D eigenvalue weighted by atomic mass is 32.1. The quantitative estimate of drug-likeness (QED) is 0.667. The Hall–Kier alpha value is -1.03. The first-order chi connectivity index (χ1) is 6.58. The van der Waals surface area contributed by atoms with Crippen molar-refractivity contribution >= 4 is 21.4 Å². The predicted octanol–water partition coefficient (Wildman–Crippen LogP) is 4.29. The zero-order valence-electron chi connectivity index (χ0n) is 7.35. The monoisotopic (exact) mass is 216 g/mol. The van der Waals surface area contributed by atoms with E-state index < -0.39 is 11.6 Å². The van der Waals surface area contributed by atoms with Crippen molar-refractivity contribution in [3.8, 4) is 0 Å². The van der Waals surface area contributed by atoms with Crippen LogP contribution in [-0.2, 0) is 0 Å². The average Bonchev–Trinajstić information content (AvgIpc) is 2.42. The lowest BCUT2D eigenvalue weighted by Crippen LogP contribution is -1.86. The van der Waals surface area contributed by atoms with E-state index in [1.165, 1.54) is 12.1 Å². The number of rotatable bonds is 1. The zero-order chi connectivity index (χ0) is 10.3. The molecule has 0 saturated carbocycles. The maximum Gasteiger partial charge on any atom is 0.264 e. The highest BCUT2D eigenvalue weighted by Crippen LogP contribution is 2.33. The molecule has 0 aliphatic heterocycles. The van der Waals surface area contributed by atoms with Crippen LogP contribution in [-0.4, -0.2) is 0 Å². The molecular weight excluding hydrogens is 209 g/mol. The Bertz CT molecular complexity index is 473. The normalized spacial score (nSPS) is 11.5. The molecule has 0 N–H and O–H groups in total. The summed E-state index contributed by atoms with van der Waals surface area (Å²) in [5, 5.41) is -0.0967. The molecule has 4 heteroatoms. The summed E-state index contributed by atoms with van der Waals surface area (Å²) in [6.45, 7) is 1.73. The van der Waals surface area contributed by atoms with Gasteiger partial charge in [-0.3, -0.25) is 0 Å². The smallest absolute Gasteiger partial charge is 0.205 e. The van der Waals surface area contributed by atoms with Crippen molar-refractivity contribution in [1.29, 1.82) is 0 Å². The number of benzene rings is 1. The Balaban J connectivity index is 2.79. The van der Waals surface area contributed by atoms with Crippen LogP contribution >= 0.6 is 11.3 Å². The summed E-state index contributed by atoms with van der Waals surface area (Å²) in [6.07, 6.45) is -2.55. The van der Waals surface area contributed by atoms with Crippen molar-refractivity contribution in [1.82, 2.24) is 0 Å². The van der Waals surface area contributed by atoms with Crippen molar-refractivity contribution in [2.75, 3.05) is 0 Å². The highest BCUT2D eigenvalue weighted by molar-refractivity contribution is 7.17. The molecular formula is C10H7F3S. The third-order valence-corrected chi connectivity index (χ3v) is 2.89. The van der Waals surface area contributed by atoms with Gasteiger partial charge in [0.2, 0.25) is 0 Å². The van der Waals surface area contributed by atoms with E-state index in [-0.39, 0.29) is 5.56 Å². The standard InChI is InChI=1S/C10H7F3S/c1-5-2-7(10(12)13)6-4-9(11)14-8(6)3-5/h2-4,10H,1H3. The molecule has 1 aromatic heterocycles. The van der Waals surface area contributed by atoms with Gasteiger partial charge in [-0.25, -0.2) is 8.78 Å². The maximum atomic E-state index is 12.9. The Morgan fingerprint density at radius 3 is 2.57 bits per heavy atom. The lowest BCUT2D eigenvalue weighted by atomic mass is 10.1. The third kappa shape index (κ3) is 1.50. The van der Waals surface area contributed by atoms with Crippen LogP contribution in [0, 0.1) is 12.1 Å². The van der Waals surface area contributed by atoms with Crippen molar-refractivity contribution in [2.24, 2.45) is 0 Å². The maximum absolute atomic E-state index is 12.9. The SMILES string of the molecule is Cc1cc(C(F)F)c2cc(F)sc2c1. The first kappa shape index (κ1) is 9.52. The second kappa shape index (κ2) is 3.28. The number of aryl methyl sites for hydroxylation is 1. The van der Waals surface area contributed by atoms with Gasteiger partial charge in [0, 0.05) is 15.6 Å². The molecule has 0 unspecified atom stereocenters. The Labute approximate surface area is 83.0 Å². The van der Waals surface area contributed by atoms with E-state index in [1.54, 1.807) is 13.0 Å². The van der Waals surface area contributed by atoms with Crippen LogP contribution in [0.4, 0.5) is 13.2 Å². The van der Waals surface area contributed by atoms with E-state index in [1.807, 2.05) is 0 Å². The van der Waals surface area contributed by atoms with E-state index >= 15 is 0 Å². The summed E-state index contributed by atoms with van der Waals surface area (Å²) in [6, 6.07) is 4.29. The minimum absolute atomic E-state index is 0.0832. The average molecular weight is 216 g/mol. The van der Waals surface area contributed by atoms with Gasteiger partial charge in [-0.1, -0.05) is 0 Å². The van der Waals surface area contributed by atoms with Gasteiger partial charge in [-0.2, -0.15) is 4.39 Å². The van der Waals surface area contributed by atoms with Gasteiger partial charge in [0.05, 0.1) is 0 Å². The zero-order valence-corrected chi connectivity index (χ0v) is 8.17. The minimum atomic E-state index is -2.55. The second-order valence-electron chi connectivity index (χ2n) is 3.12. The summed E-state index contributed by atoms with van der Waals surface area (Å²) < 4.78 is 38.6. The van der Waals surface area contributed by atoms with Gasteiger partial charge in [0.1, 0.15) is 0 Å². The molecule has 14 heavy (non-hydrogen) atoms. The van der Waals surface area contributed by atoms with Crippen molar-refractivity contribution in [2.45, 2.75) is 13.3 Å². The second-order valence-corrected chi connectivity index (χ2v) is 4.15. The summed E-state index contributed by atoms with van der Waals surface area (Å²) in [7, 11) is 0. The molecule has 0 aliphatic carbocycles. The molecule has 0 fully saturated rings. The Morgan fingerprint density at radius 2 is 1.93 bits per heavy atom. The van der Waals surface area contributed by atoms with Gasteiger partial charge >= 0.3 is 0 Å². The molecule has 0 radical (unpaired) electrons. The van der Waals surface area contributed by atoms with Crippen LogP contribution in [0.1, 0.15) is 17.6 Å². The predicted molar refractivity (Wildman–Crippen MR) is 51.5 cm³/mol. The number of hydrogen-bond acceptors (Lipinski definition) is 1. The number of fused-ring (bicyclic) bond motifs is 1. The summed E-state index contributed by atoms with van der Waals surface area (Å²) in [4.78, 5) is 0. The molecule has 0 nitrogen and oxygen atoms in total. The lowest BCUT2D eigenvalue weighted by molar-refractivity contribution is 0.153. The summed E-state index contributed by atoms with van der Waals surface area (Å²) in [5.41, 5.74) is 0.648. The van der Waals surface area contributed by atoms with E-state index in [0.717, 1.165) is 16.9 Å². The third-order valence-electron chi connectivity index (χ3n) is 2.02. The molecule has 0 amide bonds. The number of thiophene rings is 1. The fourth-order valence-corrected chi connectivity index (χ4v) is 2.38. The lowest BCUT2D eigenvalue weighted by Gasteiger charge is -2.02. The van der Waals surface area contributed by atoms with Crippen molar-refractivity contribution in [3.05, 3.63) is 34.5 Å². The minimum Gasteiger partial charge on any atom is -0.205 e. The molecule has 74 valence electrons. The Morgan fingerprint density at radius 1 is 1.21 bits per heavy atom. The summed E-state index contributed by atoms with van der Waals surface area (Å²) in [5.74, 6) is 0. The van der Waals surface area contributed by atoms with Crippen LogP contribution in [0.15, 0.2) is 18.2 Å². The van der Waals surface area contributed by atoms with Crippen LogP contribution < -0.4 is 0 Å². The van der Waals surface area contributed by atoms with Crippen LogP contribution in [0.2, 0.25) is 0 Å². The highest BCUT2D eigenvalue weighted by Gasteiger charge is 2.14. The van der Waals surface area contributed by atoms with Gasteiger partial charge in [0.25, 0.3) is 6.43 Å². The molecule has 0 bridgehead atoms. The molecule has 0 aliphatic rings. The molecule has 2 aromatic rings. The van der Waals surface area contributed by atoms with Gasteiger partial charge < -0.3 is 0 Å². The first-order valence-electron chi connectivity index (χ1n) is 4.05. The Kier molecular flexibility index (Phi) is 2.23. The molecule has 0 spiro atoms. The summed E-state index contributed by atoms with van der Waals surface area (Å²) >= 11 is 0.898. The van der Waals surface area contributed by atoms with Gasteiger partial charge in [-0.15, -0.1) is 11.3 Å². The van der Waals surface area contributed by atoms with E-state index in [9.17, 15) is 13.2 Å². The van der Waals surface area contributed by atoms with Crippen LogP contribution in [0.25, 0.3) is 10.1 Å². The first-order valence-corrected chi connectivity index (χ1v) is 4.87. The van der Waals surface area contributed by atoms with Crippen molar-refractivity contribution < 1.29 is 13.2 Å². The van der Waals surface area contributed by atoms with E-state index in [0.29, 0.717) is 10.1 Å².